The van der Waals surface area contributed by atoms with Gasteiger partial charge in [0.2, 0.25) is 0 Å². The lowest BCUT2D eigenvalue weighted by Crippen LogP contribution is -2.49. The molecule has 7 heteroatoms. The van der Waals surface area contributed by atoms with Gasteiger partial charge >= 0.3 is 6.09 Å². The van der Waals surface area contributed by atoms with E-state index in [-0.39, 0.29) is 18.5 Å². The number of hydrogen-bond donors (Lipinski definition) is 1. The molecule has 0 spiro atoms. The number of carbonyl (C=O) groups is 1. The zero-order chi connectivity index (χ0) is 21.5. The Kier molecular flexibility index (Phi) is 6.84. The molecule has 1 fully saturated rings. The number of hydrogen-bond acceptors (Lipinski definition) is 5. The molecule has 4 rings (SSSR count). The number of benzene rings is 2. The van der Waals surface area contributed by atoms with Crippen molar-refractivity contribution in [3.63, 3.8) is 0 Å². The van der Waals surface area contributed by atoms with E-state index in [4.69, 9.17) is 9.15 Å². The molecule has 0 bridgehead atoms. The normalized spacial score (nSPS) is 15.5. The molecule has 0 unspecified atom stereocenters. The van der Waals surface area contributed by atoms with Crippen LogP contribution in [0.5, 0.6) is 0 Å². The van der Waals surface area contributed by atoms with E-state index < -0.39 is 6.09 Å². The fraction of sp³-hybridized carbons (Fsp3) is 0.292. The molecule has 1 amide bonds. The molecule has 2 heterocycles. The van der Waals surface area contributed by atoms with E-state index in [2.05, 4.69) is 15.1 Å². The smallest absolute Gasteiger partial charge is 0.407 e. The second kappa shape index (κ2) is 10.1. The standard InChI is InChI=1S/C24H26FN3O3/c25-20-8-10-21(11-9-20)27-12-14-28(15-13-27)22(23-7-4-16-30-23)17-26-24(29)31-18-19-5-2-1-3-6-19/h1-11,16,22H,12-15,17-18H2,(H,26,29)/t22-/m0/s1. The molecule has 0 aliphatic carbocycles. The zero-order valence-corrected chi connectivity index (χ0v) is 17.2. The third-order valence-electron chi connectivity index (χ3n) is 5.47. The first-order chi connectivity index (χ1) is 15.2. The highest BCUT2D eigenvalue weighted by atomic mass is 19.1. The molecule has 1 aromatic heterocycles. The molecule has 0 saturated carbocycles. The van der Waals surface area contributed by atoms with Gasteiger partial charge in [-0.15, -0.1) is 0 Å². The maximum absolute atomic E-state index is 13.2. The molecule has 1 aliphatic rings. The number of anilines is 1. The average Bonchev–Trinajstić information content (AvgIpc) is 3.34. The van der Waals surface area contributed by atoms with Gasteiger partial charge < -0.3 is 19.4 Å². The van der Waals surface area contributed by atoms with Crippen molar-refractivity contribution in [1.29, 1.82) is 0 Å². The predicted molar refractivity (Wildman–Crippen MR) is 116 cm³/mol. The highest BCUT2D eigenvalue weighted by molar-refractivity contribution is 5.67. The van der Waals surface area contributed by atoms with E-state index >= 15 is 0 Å². The topological polar surface area (TPSA) is 58.0 Å². The van der Waals surface area contributed by atoms with Gasteiger partial charge in [0.05, 0.1) is 12.3 Å². The second-order valence-electron chi connectivity index (χ2n) is 7.47. The van der Waals surface area contributed by atoms with E-state index in [0.717, 1.165) is 43.2 Å². The maximum Gasteiger partial charge on any atom is 0.407 e. The number of amides is 1. The Morgan fingerprint density at radius 3 is 2.42 bits per heavy atom. The fourth-order valence-corrected chi connectivity index (χ4v) is 3.79. The van der Waals surface area contributed by atoms with E-state index in [1.165, 1.54) is 12.1 Å². The number of piperazine rings is 1. The van der Waals surface area contributed by atoms with Crippen molar-refractivity contribution in [2.24, 2.45) is 0 Å². The Bertz CT molecular complexity index is 940. The van der Waals surface area contributed by atoms with Crippen molar-refractivity contribution < 1.29 is 18.3 Å². The third kappa shape index (κ3) is 5.64. The summed E-state index contributed by atoms with van der Waals surface area (Å²) in [5.41, 5.74) is 1.95. The van der Waals surface area contributed by atoms with Gasteiger partial charge in [0, 0.05) is 38.4 Å². The summed E-state index contributed by atoms with van der Waals surface area (Å²) in [5, 5.41) is 2.87. The summed E-state index contributed by atoms with van der Waals surface area (Å²) in [4.78, 5) is 16.7. The van der Waals surface area contributed by atoms with Crippen LogP contribution in [-0.2, 0) is 11.3 Å². The maximum atomic E-state index is 13.2. The van der Waals surface area contributed by atoms with Gasteiger partial charge in [-0.05, 0) is 42.0 Å². The molecule has 0 radical (unpaired) electrons. The number of ether oxygens (including phenoxy) is 1. The van der Waals surface area contributed by atoms with Crippen LogP contribution in [0, 0.1) is 5.82 Å². The molecule has 1 N–H and O–H groups in total. The zero-order valence-electron chi connectivity index (χ0n) is 17.2. The molecule has 162 valence electrons. The Morgan fingerprint density at radius 2 is 1.74 bits per heavy atom. The van der Waals surface area contributed by atoms with Gasteiger partial charge in [0.15, 0.2) is 0 Å². The van der Waals surface area contributed by atoms with Crippen LogP contribution < -0.4 is 10.2 Å². The van der Waals surface area contributed by atoms with Crippen molar-refractivity contribution in [3.05, 3.63) is 90.1 Å². The summed E-state index contributed by atoms with van der Waals surface area (Å²) < 4.78 is 24.2. The van der Waals surface area contributed by atoms with Crippen molar-refractivity contribution in [2.75, 3.05) is 37.6 Å². The summed E-state index contributed by atoms with van der Waals surface area (Å²) in [6.07, 6.45) is 1.19. The molecule has 1 aliphatic heterocycles. The minimum Gasteiger partial charge on any atom is -0.468 e. The quantitative estimate of drug-likeness (QED) is 0.617. The first-order valence-electron chi connectivity index (χ1n) is 10.4. The predicted octanol–water partition coefficient (Wildman–Crippen LogP) is 4.21. The number of nitrogens with zero attached hydrogens (tertiary/aromatic N) is 2. The van der Waals surface area contributed by atoms with Crippen molar-refractivity contribution in [1.82, 2.24) is 10.2 Å². The Labute approximate surface area is 181 Å². The average molecular weight is 423 g/mol. The van der Waals surface area contributed by atoms with Crippen LogP contribution in [0.4, 0.5) is 14.9 Å². The number of halogens is 1. The highest BCUT2D eigenvalue weighted by Gasteiger charge is 2.27. The SMILES string of the molecule is O=C(NC[C@@H](c1ccco1)N1CCN(c2ccc(F)cc2)CC1)OCc1ccccc1. The fourth-order valence-electron chi connectivity index (χ4n) is 3.79. The van der Waals surface area contributed by atoms with Gasteiger partial charge in [-0.1, -0.05) is 30.3 Å². The minimum absolute atomic E-state index is 0.0883. The molecular formula is C24H26FN3O3. The van der Waals surface area contributed by atoms with Gasteiger partial charge in [0.1, 0.15) is 18.2 Å². The van der Waals surface area contributed by atoms with Crippen LogP contribution >= 0.6 is 0 Å². The van der Waals surface area contributed by atoms with Crippen LogP contribution in [0.1, 0.15) is 17.4 Å². The Hall–Kier alpha value is -3.32. The third-order valence-corrected chi connectivity index (χ3v) is 5.47. The molecule has 2 aromatic carbocycles. The number of carbonyl (C=O) groups excluding carboxylic acids is 1. The van der Waals surface area contributed by atoms with E-state index in [1.54, 1.807) is 18.4 Å². The van der Waals surface area contributed by atoms with E-state index in [9.17, 15) is 9.18 Å². The lowest BCUT2D eigenvalue weighted by molar-refractivity contribution is 0.126. The van der Waals surface area contributed by atoms with Crippen LogP contribution in [0.3, 0.4) is 0 Å². The summed E-state index contributed by atoms with van der Waals surface area (Å²) in [6, 6.07) is 19.8. The van der Waals surface area contributed by atoms with Crippen LogP contribution in [0.2, 0.25) is 0 Å². The lowest BCUT2D eigenvalue weighted by Gasteiger charge is -2.39. The van der Waals surface area contributed by atoms with Gasteiger partial charge in [0.25, 0.3) is 0 Å². The van der Waals surface area contributed by atoms with Crippen molar-refractivity contribution >= 4 is 11.8 Å². The van der Waals surface area contributed by atoms with Crippen LogP contribution in [0.15, 0.2) is 77.4 Å². The molecule has 1 saturated heterocycles. The van der Waals surface area contributed by atoms with Crippen molar-refractivity contribution in [3.8, 4) is 0 Å². The summed E-state index contributed by atoms with van der Waals surface area (Å²) in [6.45, 7) is 3.82. The lowest BCUT2D eigenvalue weighted by atomic mass is 10.1. The van der Waals surface area contributed by atoms with Gasteiger partial charge in [-0.25, -0.2) is 9.18 Å². The minimum atomic E-state index is -0.453. The monoisotopic (exact) mass is 423 g/mol. The summed E-state index contributed by atoms with van der Waals surface area (Å²) in [7, 11) is 0. The van der Waals surface area contributed by atoms with Crippen LogP contribution in [-0.4, -0.2) is 43.7 Å². The number of alkyl carbamates (subject to hydrolysis) is 1. The van der Waals surface area contributed by atoms with E-state index in [0.29, 0.717) is 6.54 Å². The number of rotatable bonds is 7. The molecule has 1 atom stereocenters. The number of nitrogens with one attached hydrogen (secondary N) is 1. The molecule has 6 nitrogen and oxygen atoms in total. The Morgan fingerprint density at radius 1 is 1.00 bits per heavy atom. The van der Waals surface area contributed by atoms with Gasteiger partial charge in [-0.3, -0.25) is 4.90 Å². The van der Waals surface area contributed by atoms with E-state index in [1.807, 2.05) is 42.5 Å². The second-order valence-corrected chi connectivity index (χ2v) is 7.47. The van der Waals surface area contributed by atoms with Gasteiger partial charge in [-0.2, -0.15) is 0 Å². The first kappa shape index (κ1) is 20.9. The summed E-state index contributed by atoms with van der Waals surface area (Å²) in [5.74, 6) is 0.573. The first-order valence-corrected chi connectivity index (χ1v) is 10.4. The summed E-state index contributed by atoms with van der Waals surface area (Å²) >= 11 is 0. The number of furan rings is 1. The Balaban J connectivity index is 1.32. The van der Waals surface area contributed by atoms with Crippen LogP contribution in [0.25, 0.3) is 0 Å². The molecule has 31 heavy (non-hydrogen) atoms. The molecule has 3 aromatic rings. The largest absolute Gasteiger partial charge is 0.468 e. The highest BCUT2D eigenvalue weighted by Crippen LogP contribution is 2.24. The van der Waals surface area contributed by atoms with Crippen molar-refractivity contribution in [2.45, 2.75) is 12.6 Å². The molecular weight excluding hydrogens is 397 g/mol.